The van der Waals surface area contributed by atoms with Crippen molar-refractivity contribution in [3.05, 3.63) is 60.3 Å². The first kappa shape index (κ1) is 20.2. The number of amides is 1. The Morgan fingerprint density at radius 3 is 2.67 bits per heavy atom. The first-order chi connectivity index (χ1) is 14.5. The molecule has 1 fully saturated rings. The highest BCUT2D eigenvalue weighted by Gasteiger charge is 2.26. The fraction of sp³-hybridized carbons (Fsp3) is 0.300. The van der Waals surface area contributed by atoms with Gasteiger partial charge in [0.1, 0.15) is 12.7 Å². The van der Waals surface area contributed by atoms with Crippen molar-refractivity contribution in [1.82, 2.24) is 24.1 Å². The van der Waals surface area contributed by atoms with E-state index in [-0.39, 0.29) is 4.90 Å². The number of piperidine rings is 1. The van der Waals surface area contributed by atoms with Gasteiger partial charge in [-0.05, 0) is 49.6 Å². The number of hydrogen-bond acceptors (Lipinski definition) is 6. The van der Waals surface area contributed by atoms with Crippen molar-refractivity contribution < 1.29 is 13.2 Å². The van der Waals surface area contributed by atoms with Crippen molar-refractivity contribution in [1.29, 1.82) is 0 Å². The highest BCUT2D eigenvalue weighted by atomic mass is 32.2. The average Bonchev–Trinajstić information content (AvgIpc) is 3.30. The highest BCUT2D eigenvalue weighted by Crippen LogP contribution is 2.26. The zero-order valence-corrected chi connectivity index (χ0v) is 17.3. The lowest BCUT2D eigenvalue weighted by molar-refractivity contribution is 0.102. The summed E-state index contributed by atoms with van der Waals surface area (Å²) in [5.41, 5.74) is 1.49. The van der Waals surface area contributed by atoms with Gasteiger partial charge >= 0.3 is 0 Å². The van der Waals surface area contributed by atoms with E-state index in [1.54, 1.807) is 30.5 Å². The first-order valence-electron chi connectivity index (χ1n) is 9.69. The van der Waals surface area contributed by atoms with Crippen LogP contribution in [0.2, 0.25) is 0 Å². The molecular formula is C20H22N6O3S. The summed E-state index contributed by atoms with van der Waals surface area (Å²) in [4.78, 5) is 21.3. The largest absolute Gasteiger partial charge is 0.322 e. The van der Waals surface area contributed by atoms with Gasteiger partial charge in [0, 0.05) is 25.0 Å². The van der Waals surface area contributed by atoms with Crippen LogP contribution >= 0.6 is 0 Å². The Bertz CT molecular complexity index is 1160. The van der Waals surface area contributed by atoms with Crippen LogP contribution in [-0.2, 0) is 10.0 Å². The smallest absolute Gasteiger partial charge is 0.259 e. The molecule has 4 rings (SSSR count). The zero-order chi connectivity index (χ0) is 21.1. The van der Waals surface area contributed by atoms with Crippen molar-refractivity contribution in [2.45, 2.75) is 31.1 Å². The number of nitrogens with one attached hydrogen (secondary N) is 1. The molecule has 0 spiro atoms. The van der Waals surface area contributed by atoms with E-state index in [9.17, 15) is 13.2 Å². The van der Waals surface area contributed by atoms with Gasteiger partial charge in [-0.3, -0.25) is 4.79 Å². The standard InChI is InChI=1S/C20H22N6O3S/c1-15-7-8-16(30(28,29)25-10-3-2-4-11-25)12-18(15)24-20(27)17-6-5-9-22-19(17)26-14-21-13-23-26/h5-9,12-14H,2-4,10-11H2,1H3,(H,24,27). The SMILES string of the molecule is Cc1ccc(S(=O)(=O)N2CCCCC2)cc1NC(=O)c1cccnc1-n1cncn1. The van der Waals surface area contributed by atoms with Gasteiger partial charge in [-0.25, -0.2) is 23.1 Å². The van der Waals surface area contributed by atoms with Crippen LogP contribution in [0.25, 0.3) is 5.82 Å². The maximum Gasteiger partial charge on any atom is 0.259 e. The van der Waals surface area contributed by atoms with Crippen molar-refractivity contribution in [3.8, 4) is 5.82 Å². The van der Waals surface area contributed by atoms with Crippen LogP contribution in [0, 0.1) is 6.92 Å². The Labute approximate surface area is 174 Å². The lowest BCUT2D eigenvalue weighted by atomic mass is 10.2. The van der Waals surface area contributed by atoms with Crippen LogP contribution in [0.1, 0.15) is 35.2 Å². The van der Waals surface area contributed by atoms with Gasteiger partial charge in [0.2, 0.25) is 10.0 Å². The first-order valence-corrected chi connectivity index (χ1v) is 11.1. The van der Waals surface area contributed by atoms with Gasteiger partial charge in [0.15, 0.2) is 5.82 Å². The van der Waals surface area contributed by atoms with E-state index >= 15 is 0 Å². The second-order valence-corrected chi connectivity index (χ2v) is 9.05. The number of benzene rings is 1. The van der Waals surface area contributed by atoms with E-state index in [2.05, 4.69) is 20.4 Å². The molecule has 0 unspecified atom stereocenters. The maximum absolute atomic E-state index is 13.0. The molecule has 1 saturated heterocycles. The van der Waals surface area contributed by atoms with Crippen LogP contribution < -0.4 is 5.32 Å². The Morgan fingerprint density at radius 2 is 1.93 bits per heavy atom. The molecule has 0 atom stereocenters. The van der Waals surface area contributed by atoms with Gasteiger partial charge in [-0.2, -0.15) is 9.40 Å². The molecule has 3 heterocycles. The third-order valence-electron chi connectivity index (χ3n) is 5.08. The molecule has 1 aliphatic heterocycles. The summed E-state index contributed by atoms with van der Waals surface area (Å²) in [7, 11) is -3.60. The predicted molar refractivity (Wildman–Crippen MR) is 111 cm³/mol. The number of nitrogens with zero attached hydrogens (tertiary/aromatic N) is 5. The Morgan fingerprint density at radius 1 is 1.13 bits per heavy atom. The van der Waals surface area contributed by atoms with Crippen LogP contribution in [0.4, 0.5) is 5.69 Å². The number of rotatable bonds is 5. The van der Waals surface area contributed by atoms with Crippen molar-refractivity contribution in [2.75, 3.05) is 18.4 Å². The fourth-order valence-electron chi connectivity index (χ4n) is 3.41. The van der Waals surface area contributed by atoms with E-state index in [4.69, 9.17) is 0 Å². The molecule has 10 heteroatoms. The highest BCUT2D eigenvalue weighted by molar-refractivity contribution is 7.89. The summed E-state index contributed by atoms with van der Waals surface area (Å²) >= 11 is 0. The van der Waals surface area contributed by atoms with E-state index in [0.717, 1.165) is 24.8 Å². The molecule has 9 nitrogen and oxygen atoms in total. The molecule has 1 aromatic carbocycles. The molecule has 3 aromatic rings. The fourth-order valence-corrected chi connectivity index (χ4v) is 4.96. The summed E-state index contributed by atoms with van der Waals surface area (Å²) in [5.74, 6) is -0.0773. The molecule has 1 aliphatic rings. The molecule has 2 aromatic heterocycles. The van der Waals surface area contributed by atoms with Gasteiger partial charge in [0.05, 0.1) is 10.5 Å². The van der Waals surface area contributed by atoms with Gasteiger partial charge in [-0.1, -0.05) is 12.5 Å². The number of aryl methyl sites for hydroxylation is 1. The Kier molecular flexibility index (Phi) is 5.60. The average molecular weight is 427 g/mol. The number of pyridine rings is 1. The summed E-state index contributed by atoms with van der Waals surface area (Å²) in [6, 6.07) is 8.08. The third kappa shape index (κ3) is 3.96. The van der Waals surface area contributed by atoms with Crippen molar-refractivity contribution in [3.63, 3.8) is 0 Å². The summed E-state index contributed by atoms with van der Waals surface area (Å²) in [6.45, 7) is 2.86. The minimum Gasteiger partial charge on any atom is -0.322 e. The van der Waals surface area contributed by atoms with E-state index in [0.29, 0.717) is 30.2 Å². The van der Waals surface area contributed by atoms with E-state index in [1.165, 1.54) is 27.7 Å². The van der Waals surface area contributed by atoms with Crippen LogP contribution in [-0.4, -0.2) is 51.5 Å². The molecule has 156 valence electrons. The molecule has 30 heavy (non-hydrogen) atoms. The van der Waals surface area contributed by atoms with E-state index in [1.807, 2.05) is 6.92 Å². The molecular weight excluding hydrogens is 404 g/mol. The summed E-state index contributed by atoms with van der Waals surface area (Å²) in [6.07, 6.45) is 7.14. The molecule has 0 saturated carbocycles. The third-order valence-corrected chi connectivity index (χ3v) is 6.97. The Balaban J connectivity index is 1.63. The monoisotopic (exact) mass is 426 g/mol. The minimum atomic E-state index is -3.60. The molecule has 1 N–H and O–H groups in total. The molecule has 0 bridgehead atoms. The van der Waals surface area contributed by atoms with Gasteiger partial charge in [-0.15, -0.1) is 0 Å². The lowest BCUT2D eigenvalue weighted by Gasteiger charge is -2.26. The van der Waals surface area contributed by atoms with Crippen LogP contribution in [0.3, 0.4) is 0 Å². The zero-order valence-electron chi connectivity index (χ0n) is 16.5. The van der Waals surface area contributed by atoms with Crippen LogP contribution in [0.5, 0.6) is 0 Å². The number of sulfonamides is 1. The molecule has 1 amide bonds. The normalized spacial score (nSPS) is 15.1. The summed E-state index contributed by atoms with van der Waals surface area (Å²) < 4.78 is 28.9. The second-order valence-electron chi connectivity index (χ2n) is 7.11. The predicted octanol–water partition coefficient (Wildman–Crippen LogP) is 2.40. The topological polar surface area (TPSA) is 110 Å². The summed E-state index contributed by atoms with van der Waals surface area (Å²) in [5, 5.41) is 6.85. The molecule has 0 radical (unpaired) electrons. The number of carbonyl (C=O) groups excluding carboxylic acids is 1. The van der Waals surface area contributed by atoms with Gasteiger partial charge < -0.3 is 5.32 Å². The number of anilines is 1. The van der Waals surface area contributed by atoms with E-state index < -0.39 is 15.9 Å². The lowest BCUT2D eigenvalue weighted by Crippen LogP contribution is -2.35. The Hall–Kier alpha value is -3.11. The quantitative estimate of drug-likeness (QED) is 0.671. The number of carbonyl (C=O) groups is 1. The second kappa shape index (κ2) is 8.33. The number of aromatic nitrogens is 4. The maximum atomic E-state index is 13.0. The number of hydrogen-bond donors (Lipinski definition) is 1. The van der Waals surface area contributed by atoms with Crippen molar-refractivity contribution >= 4 is 21.6 Å². The molecule has 0 aliphatic carbocycles. The van der Waals surface area contributed by atoms with Crippen LogP contribution in [0.15, 0.2) is 54.1 Å². The van der Waals surface area contributed by atoms with Gasteiger partial charge in [0.25, 0.3) is 5.91 Å². The van der Waals surface area contributed by atoms with Crippen molar-refractivity contribution in [2.24, 2.45) is 0 Å². The minimum absolute atomic E-state index is 0.174.